The molecule has 0 aromatic heterocycles. The van der Waals surface area contributed by atoms with Crippen molar-refractivity contribution in [3.8, 4) is 0 Å². The van der Waals surface area contributed by atoms with E-state index in [1.807, 2.05) is 42.3 Å². The molecule has 2 rings (SSSR count). The second kappa shape index (κ2) is 6.40. The van der Waals surface area contributed by atoms with Gasteiger partial charge in [-0.15, -0.1) is 0 Å². The van der Waals surface area contributed by atoms with E-state index in [2.05, 4.69) is 4.99 Å². The van der Waals surface area contributed by atoms with Crippen LogP contribution in [-0.4, -0.2) is 37.2 Å². The first-order chi connectivity index (χ1) is 8.75. The van der Waals surface area contributed by atoms with E-state index in [0.29, 0.717) is 5.96 Å². The quantitative estimate of drug-likeness (QED) is 0.657. The van der Waals surface area contributed by atoms with Crippen LogP contribution in [-0.2, 0) is 4.74 Å². The highest BCUT2D eigenvalue weighted by atomic mass is 16.5. The summed E-state index contributed by atoms with van der Waals surface area (Å²) < 4.78 is 5.70. The lowest BCUT2D eigenvalue weighted by molar-refractivity contribution is 0.00703. The average Bonchev–Trinajstić information content (AvgIpc) is 2.41. The zero-order valence-electron chi connectivity index (χ0n) is 10.9. The summed E-state index contributed by atoms with van der Waals surface area (Å²) in [5, 5.41) is 0. The predicted molar refractivity (Wildman–Crippen MR) is 73.9 cm³/mol. The largest absolute Gasteiger partial charge is 0.376 e. The molecule has 4 nitrogen and oxygen atoms in total. The Balaban J connectivity index is 1.91. The summed E-state index contributed by atoms with van der Waals surface area (Å²) >= 11 is 0. The summed E-state index contributed by atoms with van der Waals surface area (Å²) in [7, 11) is 1.96. The normalized spacial score (nSPS) is 20.7. The number of para-hydroxylation sites is 1. The molecule has 1 aromatic carbocycles. The van der Waals surface area contributed by atoms with Crippen LogP contribution in [0.15, 0.2) is 35.3 Å². The Morgan fingerprint density at radius 3 is 2.83 bits per heavy atom. The van der Waals surface area contributed by atoms with Crippen molar-refractivity contribution >= 4 is 11.6 Å². The summed E-state index contributed by atoms with van der Waals surface area (Å²) in [6, 6.07) is 9.76. The van der Waals surface area contributed by atoms with E-state index in [0.717, 1.165) is 25.3 Å². The first-order valence-electron chi connectivity index (χ1n) is 6.47. The minimum atomic E-state index is 0.285. The molecule has 1 aromatic rings. The van der Waals surface area contributed by atoms with E-state index in [9.17, 15) is 0 Å². The third kappa shape index (κ3) is 3.74. The first-order valence-corrected chi connectivity index (χ1v) is 6.47. The zero-order chi connectivity index (χ0) is 12.8. The molecule has 0 radical (unpaired) electrons. The fourth-order valence-electron chi connectivity index (χ4n) is 2.07. The Labute approximate surface area is 108 Å². The van der Waals surface area contributed by atoms with Crippen LogP contribution in [0.3, 0.4) is 0 Å². The summed E-state index contributed by atoms with van der Waals surface area (Å²) in [6.45, 7) is 1.68. The molecule has 2 N–H and O–H groups in total. The molecule has 0 amide bonds. The smallest absolute Gasteiger partial charge is 0.196 e. The van der Waals surface area contributed by atoms with Crippen molar-refractivity contribution in [2.45, 2.75) is 25.4 Å². The van der Waals surface area contributed by atoms with Gasteiger partial charge in [-0.05, 0) is 31.4 Å². The molecule has 0 bridgehead atoms. The lowest BCUT2D eigenvalue weighted by Crippen LogP contribution is -2.40. The van der Waals surface area contributed by atoms with E-state index < -0.39 is 0 Å². The highest BCUT2D eigenvalue weighted by Crippen LogP contribution is 2.14. The predicted octanol–water partition coefficient (Wildman–Crippen LogP) is 2.13. The second-order valence-corrected chi connectivity index (χ2v) is 4.67. The van der Waals surface area contributed by atoms with Crippen LogP contribution in [0.25, 0.3) is 0 Å². The van der Waals surface area contributed by atoms with Crippen molar-refractivity contribution in [2.24, 2.45) is 10.7 Å². The summed E-state index contributed by atoms with van der Waals surface area (Å²) in [6.07, 6.45) is 3.82. The molecule has 4 heteroatoms. The van der Waals surface area contributed by atoms with Crippen molar-refractivity contribution in [3.05, 3.63) is 30.3 Å². The molecule has 18 heavy (non-hydrogen) atoms. The fourth-order valence-corrected chi connectivity index (χ4v) is 2.07. The number of nitrogens with zero attached hydrogens (tertiary/aromatic N) is 2. The molecule has 0 aliphatic carbocycles. The van der Waals surface area contributed by atoms with Gasteiger partial charge in [-0.3, -0.25) is 0 Å². The van der Waals surface area contributed by atoms with E-state index >= 15 is 0 Å². The van der Waals surface area contributed by atoms with Gasteiger partial charge in [0.1, 0.15) is 0 Å². The summed E-state index contributed by atoms with van der Waals surface area (Å²) in [5.41, 5.74) is 6.87. The van der Waals surface area contributed by atoms with Gasteiger partial charge in [0.2, 0.25) is 0 Å². The molecular weight excluding hydrogens is 226 g/mol. The fraction of sp³-hybridized carbons (Fsp3) is 0.500. The topological polar surface area (TPSA) is 50.9 Å². The zero-order valence-corrected chi connectivity index (χ0v) is 10.9. The number of hydrogen-bond donors (Lipinski definition) is 1. The van der Waals surface area contributed by atoms with Gasteiger partial charge < -0.3 is 15.4 Å². The third-order valence-corrected chi connectivity index (χ3v) is 3.14. The van der Waals surface area contributed by atoms with Gasteiger partial charge >= 0.3 is 0 Å². The molecule has 1 heterocycles. The number of likely N-dealkylation sites (N-methyl/N-ethyl adjacent to an activating group) is 1. The molecule has 1 unspecified atom stereocenters. The van der Waals surface area contributed by atoms with Crippen LogP contribution in [0, 0.1) is 0 Å². The Morgan fingerprint density at radius 1 is 1.39 bits per heavy atom. The van der Waals surface area contributed by atoms with E-state index in [4.69, 9.17) is 10.5 Å². The van der Waals surface area contributed by atoms with Gasteiger partial charge in [0, 0.05) is 20.2 Å². The van der Waals surface area contributed by atoms with Crippen LogP contribution in [0.2, 0.25) is 0 Å². The van der Waals surface area contributed by atoms with Gasteiger partial charge in [-0.2, -0.15) is 0 Å². The molecule has 0 saturated carbocycles. The molecule has 1 fully saturated rings. The van der Waals surface area contributed by atoms with E-state index in [-0.39, 0.29) is 6.10 Å². The Hall–Kier alpha value is -1.55. The van der Waals surface area contributed by atoms with Crippen molar-refractivity contribution < 1.29 is 4.74 Å². The highest BCUT2D eigenvalue weighted by molar-refractivity contribution is 5.80. The first kappa shape index (κ1) is 12.9. The summed E-state index contributed by atoms with van der Waals surface area (Å²) in [5.74, 6) is 0.537. The molecule has 98 valence electrons. The van der Waals surface area contributed by atoms with E-state index in [1.54, 1.807) is 0 Å². The number of guanidine groups is 1. The lowest BCUT2D eigenvalue weighted by Gasteiger charge is -2.27. The van der Waals surface area contributed by atoms with Crippen molar-refractivity contribution in [1.82, 2.24) is 4.90 Å². The molecule has 0 spiro atoms. The summed E-state index contributed by atoms with van der Waals surface area (Å²) in [4.78, 5) is 6.35. The Morgan fingerprint density at radius 2 is 2.17 bits per heavy atom. The molecule has 1 saturated heterocycles. The molecule has 1 aliphatic heterocycles. The minimum absolute atomic E-state index is 0.285. The van der Waals surface area contributed by atoms with E-state index in [1.165, 1.54) is 12.8 Å². The number of aliphatic imine (C=N–C) groups is 1. The van der Waals surface area contributed by atoms with Gasteiger partial charge in [0.05, 0.1) is 11.8 Å². The second-order valence-electron chi connectivity index (χ2n) is 4.67. The SMILES string of the molecule is CN(CC1CCCCO1)C(N)=Nc1ccccc1. The Kier molecular flexibility index (Phi) is 4.59. The van der Waals surface area contributed by atoms with Crippen LogP contribution >= 0.6 is 0 Å². The average molecular weight is 247 g/mol. The number of nitrogens with two attached hydrogens (primary N) is 1. The van der Waals surface area contributed by atoms with Crippen molar-refractivity contribution in [3.63, 3.8) is 0 Å². The highest BCUT2D eigenvalue weighted by Gasteiger charge is 2.16. The maximum atomic E-state index is 5.99. The number of ether oxygens (including phenoxy) is 1. The number of rotatable bonds is 3. The standard InChI is InChI=1S/C14H21N3O/c1-17(11-13-9-5-6-10-18-13)14(15)16-12-7-3-2-4-8-12/h2-4,7-8,13H,5-6,9-11H2,1H3,(H2,15,16). The van der Waals surface area contributed by atoms with Gasteiger partial charge in [-0.1, -0.05) is 18.2 Å². The number of hydrogen-bond acceptors (Lipinski definition) is 2. The third-order valence-electron chi connectivity index (χ3n) is 3.14. The maximum absolute atomic E-state index is 5.99. The van der Waals surface area contributed by atoms with Crippen LogP contribution in [0.1, 0.15) is 19.3 Å². The monoisotopic (exact) mass is 247 g/mol. The van der Waals surface area contributed by atoms with Crippen molar-refractivity contribution in [1.29, 1.82) is 0 Å². The Bertz CT molecular complexity index is 385. The molecule has 1 atom stereocenters. The molecule has 1 aliphatic rings. The van der Waals surface area contributed by atoms with Crippen LogP contribution in [0.4, 0.5) is 5.69 Å². The maximum Gasteiger partial charge on any atom is 0.196 e. The van der Waals surface area contributed by atoms with Crippen LogP contribution < -0.4 is 5.73 Å². The van der Waals surface area contributed by atoms with Gasteiger partial charge in [0.15, 0.2) is 5.96 Å². The molecular formula is C14H21N3O. The lowest BCUT2D eigenvalue weighted by atomic mass is 10.1. The van der Waals surface area contributed by atoms with Crippen LogP contribution in [0.5, 0.6) is 0 Å². The van der Waals surface area contributed by atoms with Gasteiger partial charge in [0.25, 0.3) is 0 Å². The van der Waals surface area contributed by atoms with Crippen molar-refractivity contribution in [2.75, 3.05) is 20.2 Å². The minimum Gasteiger partial charge on any atom is -0.376 e. The van der Waals surface area contributed by atoms with Gasteiger partial charge in [-0.25, -0.2) is 4.99 Å². The number of benzene rings is 1.